The second kappa shape index (κ2) is 12.9. The maximum absolute atomic E-state index is 14.0. The van der Waals surface area contributed by atoms with E-state index in [-0.39, 0.29) is 17.1 Å². The molecule has 0 bridgehead atoms. The first-order chi connectivity index (χ1) is 20.5. The highest BCUT2D eigenvalue weighted by atomic mass is 31.2. The van der Waals surface area contributed by atoms with Gasteiger partial charge in [0.25, 0.3) is 17.5 Å². The molecule has 5 aromatic carbocycles. The molecule has 0 saturated carbocycles. The zero-order valence-corrected chi connectivity index (χ0v) is 23.4. The summed E-state index contributed by atoms with van der Waals surface area (Å²) < 4.78 is 0. The lowest BCUT2D eigenvalue weighted by molar-refractivity contribution is -0.383. The standard InChI is InChI=1S/C34H26N3O4P/c38-33(26-15-5-1-6-16-26)36-31(34(39)35-30-23-13-14-24-32(30)37(40)41)25-42(27-17-7-2-8-18-27,28-19-9-3-10-20-28)29-21-11-4-12-22-29/h1-25H,(H-,35,36,38,39)/p+1. The summed E-state index contributed by atoms with van der Waals surface area (Å²) in [5.74, 6) is 0.672. The number of carbonyl (C=O) groups is 2. The van der Waals surface area contributed by atoms with Crippen LogP contribution >= 0.6 is 7.26 Å². The molecule has 0 heterocycles. The molecule has 0 aliphatic rings. The van der Waals surface area contributed by atoms with Crippen LogP contribution in [0.1, 0.15) is 10.4 Å². The number of amides is 2. The van der Waals surface area contributed by atoms with Crippen molar-refractivity contribution >= 4 is 46.4 Å². The van der Waals surface area contributed by atoms with Crippen molar-refractivity contribution in [3.8, 4) is 0 Å². The molecule has 42 heavy (non-hydrogen) atoms. The molecule has 0 aromatic heterocycles. The Bertz CT molecular complexity index is 1630. The van der Waals surface area contributed by atoms with Crippen LogP contribution in [0.3, 0.4) is 0 Å². The number of para-hydroxylation sites is 2. The Morgan fingerprint density at radius 2 is 1.05 bits per heavy atom. The zero-order chi connectivity index (χ0) is 29.4. The highest BCUT2D eigenvalue weighted by Gasteiger charge is 2.45. The Morgan fingerprint density at radius 3 is 1.52 bits per heavy atom. The minimum absolute atomic E-state index is 0.0214. The van der Waals surface area contributed by atoms with Crippen molar-refractivity contribution in [2.45, 2.75) is 0 Å². The molecule has 2 N–H and O–H groups in total. The van der Waals surface area contributed by atoms with E-state index < -0.39 is 24.0 Å². The molecule has 5 aromatic rings. The van der Waals surface area contributed by atoms with E-state index in [1.807, 2.05) is 96.8 Å². The van der Waals surface area contributed by atoms with Crippen LogP contribution in [-0.2, 0) is 4.79 Å². The van der Waals surface area contributed by atoms with Crippen molar-refractivity contribution in [1.82, 2.24) is 5.32 Å². The number of nitro groups is 1. The molecule has 0 atom stereocenters. The first-order valence-corrected chi connectivity index (χ1v) is 15.0. The number of hydrogen-bond donors (Lipinski definition) is 2. The Labute approximate surface area is 244 Å². The minimum atomic E-state index is -2.72. The Hall–Kier alpha value is -5.39. The molecule has 0 unspecified atom stereocenters. The van der Waals surface area contributed by atoms with Crippen molar-refractivity contribution < 1.29 is 14.5 Å². The molecule has 206 valence electrons. The van der Waals surface area contributed by atoms with Crippen LogP contribution in [0.2, 0.25) is 0 Å². The molecule has 0 saturated heterocycles. The molecular weight excluding hydrogens is 545 g/mol. The van der Waals surface area contributed by atoms with Gasteiger partial charge in [0.1, 0.15) is 40.4 Å². The first-order valence-electron chi connectivity index (χ1n) is 13.2. The van der Waals surface area contributed by atoms with Gasteiger partial charge in [-0.05, 0) is 54.6 Å². The van der Waals surface area contributed by atoms with Gasteiger partial charge in [0, 0.05) is 11.6 Å². The molecule has 2 amide bonds. The zero-order valence-electron chi connectivity index (χ0n) is 22.5. The van der Waals surface area contributed by atoms with E-state index >= 15 is 0 Å². The van der Waals surface area contributed by atoms with Gasteiger partial charge >= 0.3 is 0 Å². The third-order valence-corrected chi connectivity index (χ3v) is 10.7. The van der Waals surface area contributed by atoms with E-state index in [4.69, 9.17) is 0 Å². The van der Waals surface area contributed by atoms with Crippen molar-refractivity contribution in [2.24, 2.45) is 0 Å². The van der Waals surface area contributed by atoms with E-state index in [1.54, 1.807) is 36.4 Å². The SMILES string of the molecule is O=C(Nc1ccccc1[N+](=O)[O-])C(=C[P+](c1ccccc1)(c1ccccc1)c1ccccc1)NC(=O)c1ccccc1. The lowest BCUT2D eigenvalue weighted by Crippen LogP contribution is -2.35. The van der Waals surface area contributed by atoms with Crippen LogP contribution in [-0.4, -0.2) is 16.7 Å². The second-order valence-corrected chi connectivity index (χ2v) is 12.6. The topological polar surface area (TPSA) is 101 Å². The average molecular weight is 573 g/mol. The maximum atomic E-state index is 14.0. The number of nitrogens with one attached hydrogen (secondary N) is 2. The Balaban J connectivity index is 1.74. The third kappa shape index (κ3) is 6.02. The van der Waals surface area contributed by atoms with E-state index in [0.717, 1.165) is 15.9 Å². The van der Waals surface area contributed by atoms with Gasteiger partial charge in [0.05, 0.1) is 4.92 Å². The maximum Gasteiger partial charge on any atom is 0.292 e. The van der Waals surface area contributed by atoms with Gasteiger partial charge < -0.3 is 10.6 Å². The third-order valence-electron chi connectivity index (χ3n) is 6.69. The predicted octanol–water partition coefficient (Wildman–Crippen LogP) is 5.80. The summed E-state index contributed by atoms with van der Waals surface area (Å²) in [6.45, 7) is 0. The number of hydrogen-bond acceptors (Lipinski definition) is 4. The minimum Gasteiger partial charge on any atom is -0.315 e. The fraction of sp³-hybridized carbons (Fsp3) is 0. The fourth-order valence-electron chi connectivity index (χ4n) is 4.71. The summed E-state index contributed by atoms with van der Waals surface area (Å²) >= 11 is 0. The molecular formula is C34H27N3O4P+. The molecule has 0 spiro atoms. The molecule has 0 fully saturated rings. The predicted molar refractivity (Wildman–Crippen MR) is 169 cm³/mol. The number of anilines is 1. The number of rotatable bonds is 9. The number of nitrogens with zero attached hydrogens (tertiary/aromatic N) is 1. The molecule has 0 radical (unpaired) electrons. The molecule has 7 nitrogen and oxygen atoms in total. The number of carbonyl (C=O) groups excluding carboxylic acids is 2. The quantitative estimate of drug-likeness (QED) is 0.101. The lowest BCUT2D eigenvalue weighted by Gasteiger charge is -2.25. The van der Waals surface area contributed by atoms with Crippen molar-refractivity contribution in [3.63, 3.8) is 0 Å². The summed E-state index contributed by atoms with van der Waals surface area (Å²) in [4.78, 5) is 38.6. The van der Waals surface area contributed by atoms with E-state index in [1.165, 1.54) is 18.2 Å². The average Bonchev–Trinajstić information content (AvgIpc) is 3.04. The molecule has 0 aliphatic carbocycles. The van der Waals surface area contributed by atoms with E-state index in [2.05, 4.69) is 10.6 Å². The van der Waals surface area contributed by atoms with Crippen LogP contribution in [0.15, 0.2) is 157 Å². The van der Waals surface area contributed by atoms with Crippen LogP contribution in [0.25, 0.3) is 0 Å². The lowest BCUT2D eigenvalue weighted by atomic mass is 10.2. The van der Waals surface area contributed by atoms with Crippen molar-refractivity contribution in [1.29, 1.82) is 0 Å². The second-order valence-electron chi connectivity index (χ2n) is 9.32. The molecule has 0 aliphatic heterocycles. The normalized spacial score (nSPS) is 11.4. The van der Waals surface area contributed by atoms with Gasteiger partial charge in [-0.25, -0.2) is 0 Å². The van der Waals surface area contributed by atoms with Crippen LogP contribution in [0.5, 0.6) is 0 Å². The van der Waals surface area contributed by atoms with Gasteiger partial charge in [-0.3, -0.25) is 19.7 Å². The van der Waals surface area contributed by atoms with Gasteiger partial charge in [-0.15, -0.1) is 0 Å². The highest BCUT2D eigenvalue weighted by molar-refractivity contribution is 7.98. The summed E-state index contributed by atoms with van der Waals surface area (Å²) in [7, 11) is -2.72. The van der Waals surface area contributed by atoms with Crippen LogP contribution < -0.4 is 26.5 Å². The summed E-state index contributed by atoms with van der Waals surface area (Å²) in [5.41, 5.74) is 0.113. The van der Waals surface area contributed by atoms with Crippen molar-refractivity contribution in [3.05, 3.63) is 173 Å². The summed E-state index contributed by atoms with van der Waals surface area (Å²) in [6, 6.07) is 44.0. The first kappa shape index (κ1) is 28.1. The fourth-order valence-corrected chi connectivity index (χ4v) is 8.55. The van der Waals surface area contributed by atoms with Crippen LogP contribution in [0, 0.1) is 10.1 Å². The summed E-state index contributed by atoms with van der Waals surface area (Å²) in [5, 5.41) is 20.1. The van der Waals surface area contributed by atoms with E-state index in [9.17, 15) is 19.7 Å². The monoisotopic (exact) mass is 572 g/mol. The smallest absolute Gasteiger partial charge is 0.292 e. The Kier molecular flexibility index (Phi) is 8.61. The van der Waals surface area contributed by atoms with Crippen LogP contribution in [0.4, 0.5) is 11.4 Å². The van der Waals surface area contributed by atoms with Crippen molar-refractivity contribution in [2.75, 3.05) is 5.32 Å². The van der Waals surface area contributed by atoms with E-state index in [0.29, 0.717) is 5.56 Å². The molecule has 8 heteroatoms. The number of nitro benzene ring substituents is 1. The van der Waals surface area contributed by atoms with Gasteiger partial charge in [0.15, 0.2) is 0 Å². The van der Waals surface area contributed by atoms with Gasteiger partial charge in [-0.1, -0.05) is 84.9 Å². The number of benzene rings is 5. The Morgan fingerprint density at radius 1 is 0.619 bits per heavy atom. The van der Waals surface area contributed by atoms with Gasteiger partial charge in [0.2, 0.25) is 0 Å². The highest BCUT2D eigenvalue weighted by Crippen LogP contribution is 2.57. The molecule has 5 rings (SSSR count). The summed E-state index contributed by atoms with van der Waals surface area (Å²) in [6.07, 6.45) is 0. The van der Waals surface area contributed by atoms with Gasteiger partial charge in [-0.2, -0.15) is 0 Å². The largest absolute Gasteiger partial charge is 0.315 e.